The number of rotatable bonds is 4. The molecule has 1 aliphatic heterocycles. The number of thioether (sulfide) groups is 1. The number of nitrogens with one attached hydrogen (secondary N) is 1. The van der Waals surface area contributed by atoms with Gasteiger partial charge in [-0.2, -0.15) is 18.3 Å². The highest BCUT2D eigenvalue weighted by Gasteiger charge is 2.31. The van der Waals surface area contributed by atoms with E-state index in [2.05, 4.69) is 15.4 Å². The van der Waals surface area contributed by atoms with Gasteiger partial charge in [-0.3, -0.25) is 14.2 Å². The second-order valence-electron chi connectivity index (χ2n) is 7.49. The number of carbonyl (C=O) groups excluding carboxylic acids is 1. The van der Waals surface area contributed by atoms with Crippen LogP contribution >= 0.6 is 11.8 Å². The average Bonchev–Trinajstić information content (AvgIpc) is 3.39. The SMILES string of the molecule is O=C(CC1CSc2nc3c(cnn3-c3ccccc3)c(=O)n21)Nc1cccc(C(F)(F)F)c1. The average molecular weight is 471 g/mol. The Morgan fingerprint density at radius 3 is 2.70 bits per heavy atom. The Morgan fingerprint density at radius 1 is 1.15 bits per heavy atom. The van der Waals surface area contributed by atoms with E-state index in [0.29, 0.717) is 21.9 Å². The van der Waals surface area contributed by atoms with Gasteiger partial charge in [-0.15, -0.1) is 0 Å². The molecule has 5 rings (SSSR count). The molecule has 4 aromatic rings. The fourth-order valence-electron chi connectivity index (χ4n) is 3.74. The second kappa shape index (κ2) is 8.07. The lowest BCUT2D eigenvalue weighted by Gasteiger charge is -2.14. The van der Waals surface area contributed by atoms with E-state index in [1.807, 2.05) is 30.3 Å². The molecule has 33 heavy (non-hydrogen) atoms. The van der Waals surface area contributed by atoms with Crippen molar-refractivity contribution in [2.75, 3.05) is 11.1 Å². The summed E-state index contributed by atoms with van der Waals surface area (Å²) in [6, 6.07) is 13.3. The maximum absolute atomic E-state index is 13.2. The van der Waals surface area contributed by atoms with Crippen LogP contribution in [0.5, 0.6) is 0 Å². The smallest absolute Gasteiger partial charge is 0.326 e. The van der Waals surface area contributed by atoms with E-state index >= 15 is 0 Å². The van der Waals surface area contributed by atoms with Crippen LogP contribution in [-0.4, -0.2) is 31.0 Å². The molecule has 11 heteroatoms. The highest BCUT2D eigenvalue weighted by molar-refractivity contribution is 7.99. The number of anilines is 1. The second-order valence-corrected chi connectivity index (χ2v) is 8.48. The van der Waals surface area contributed by atoms with Gasteiger partial charge in [0.15, 0.2) is 10.8 Å². The van der Waals surface area contributed by atoms with Crippen molar-refractivity contribution in [3.63, 3.8) is 0 Å². The molecule has 0 radical (unpaired) electrons. The van der Waals surface area contributed by atoms with Gasteiger partial charge in [0.1, 0.15) is 5.39 Å². The third-order valence-corrected chi connectivity index (χ3v) is 6.36. The number of alkyl halides is 3. The van der Waals surface area contributed by atoms with E-state index < -0.39 is 23.7 Å². The van der Waals surface area contributed by atoms with Crippen LogP contribution in [0.2, 0.25) is 0 Å². The summed E-state index contributed by atoms with van der Waals surface area (Å²) in [7, 11) is 0. The summed E-state index contributed by atoms with van der Waals surface area (Å²) in [4.78, 5) is 30.3. The minimum Gasteiger partial charge on any atom is -0.326 e. The first-order valence-corrected chi connectivity index (χ1v) is 11.0. The van der Waals surface area contributed by atoms with Crippen molar-refractivity contribution in [2.45, 2.75) is 23.8 Å². The van der Waals surface area contributed by atoms with Crippen LogP contribution in [0.25, 0.3) is 16.7 Å². The molecule has 2 aromatic carbocycles. The lowest BCUT2D eigenvalue weighted by molar-refractivity contribution is -0.137. The van der Waals surface area contributed by atoms with E-state index in [9.17, 15) is 22.8 Å². The van der Waals surface area contributed by atoms with Gasteiger partial charge in [0.05, 0.1) is 23.5 Å². The molecule has 0 saturated heterocycles. The Kier molecular flexibility index (Phi) is 5.20. The molecule has 3 heterocycles. The van der Waals surface area contributed by atoms with Gasteiger partial charge in [0.2, 0.25) is 5.91 Å². The number of para-hydroxylation sites is 1. The normalized spacial score (nSPS) is 15.5. The molecular weight excluding hydrogens is 455 g/mol. The molecule has 1 N–H and O–H groups in total. The van der Waals surface area contributed by atoms with Crippen molar-refractivity contribution in [1.29, 1.82) is 0 Å². The minimum absolute atomic E-state index is 0.0470. The van der Waals surface area contributed by atoms with Crippen LogP contribution in [0.3, 0.4) is 0 Å². The van der Waals surface area contributed by atoms with E-state index in [1.54, 1.807) is 4.68 Å². The number of hydrogen-bond acceptors (Lipinski definition) is 5. The van der Waals surface area contributed by atoms with E-state index in [4.69, 9.17) is 0 Å². The fourth-order valence-corrected chi connectivity index (χ4v) is 4.87. The summed E-state index contributed by atoms with van der Waals surface area (Å²) in [5, 5.41) is 7.59. The van der Waals surface area contributed by atoms with Crippen molar-refractivity contribution in [2.24, 2.45) is 0 Å². The van der Waals surface area contributed by atoms with E-state index in [-0.39, 0.29) is 17.7 Å². The van der Waals surface area contributed by atoms with Gasteiger partial charge in [0.25, 0.3) is 5.56 Å². The molecule has 1 amide bonds. The Bertz CT molecular complexity index is 1420. The molecule has 2 aromatic heterocycles. The van der Waals surface area contributed by atoms with Gasteiger partial charge < -0.3 is 5.32 Å². The van der Waals surface area contributed by atoms with Crippen LogP contribution in [-0.2, 0) is 11.0 Å². The summed E-state index contributed by atoms with van der Waals surface area (Å²) >= 11 is 1.35. The minimum atomic E-state index is -4.50. The molecule has 0 fully saturated rings. The maximum atomic E-state index is 13.2. The summed E-state index contributed by atoms with van der Waals surface area (Å²) in [6.45, 7) is 0. The zero-order valence-electron chi connectivity index (χ0n) is 16.9. The van der Waals surface area contributed by atoms with Gasteiger partial charge in [-0.1, -0.05) is 36.0 Å². The Hall–Kier alpha value is -3.60. The molecule has 7 nitrogen and oxygen atoms in total. The number of aromatic nitrogens is 4. The summed E-state index contributed by atoms with van der Waals surface area (Å²) in [6.07, 6.45) is -3.12. The first kappa shape index (κ1) is 21.3. The zero-order valence-corrected chi connectivity index (χ0v) is 17.7. The number of nitrogens with zero attached hydrogens (tertiary/aromatic N) is 4. The fraction of sp³-hybridized carbons (Fsp3) is 0.182. The molecule has 0 saturated carbocycles. The predicted molar refractivity (Wildman–Crippen MR) is 118 cm³/mol. The van der Waals surface area contributed by atoms with Crippen LogP contribution in [0, 0.1) is 0 Å². The van der Waals surface area contributed by atoms with Crippen LogP contribution in [0.4, 0.5) is 18.9 Å². The van der Waals surface area contributed by atoms with Crippen molar-refractivity contribution < 1.29 is 18.0 Å². The molecule has 0 bridgehead atoms. The molecule has 1 unspecified atom stereocenters. The van der Waals surface area contributed by atoms with Gasteiger partial charge in [-0.25, -0.2) is 9.67 Å². The summed E-state index contributed by atoms with van der Waals surface area (Å²) in [5.74, 6) is -0.0383. The van der Waals surface area contributed by atoms with Crippen molar-refractivity contribution in [1.82, 2.24) is 19.3 Å². The Labute approximate surface area is 189 Å². The molecule has 1 atom stereocenters. The number of benzene rings is 2. The van der Waals surface area contributed by atoms with Crippen molar-refractivity contribution in [3.8, 4) is 5.69 Å². The van der Waals surface area contributed by atoms with Gasteiger partial charge in [0, 0.05) is 17.9 Å². The van der Waals surface area contributed by atoms with Crippen molar-refractivity contribution >= 4 is 34.4 Å². The summed E-state index contributed by atoms with van der Waals surface area (Å²) in [5.41, 5.74) is 0.0912. The zero-order chi connectivity index (χ0) is 23.2. The van der Waals surface area contributed by atoms with Gasteiger partial charge >= 0.3 is 6.18 Å². The van der Waals surface area contributed by atoms with E-state index in [1.165, 1.54) is 34.7 Å². The predicted octanol–water partition coefficient (Wildman–Crippen LogP) is 4.28. The lowest BCUT2D eigenvalue weighted by Crippen LogP contribution is -2.27. The molecule has 1 aliphatic rings. The molecule has 0 spiro atoms. The standard InChI is InChI=1S/C22H16F3N5O2S/c23-22(24,25)13-5-4-6-14(9-13)27-18(31)10-16-12-33-21-28-19-17(20(32)29(16)21)11-26-30(19)15-7-2-1-3-8-15/h1-9,11,16H,10,12H2,(H,27,31). The third-order valence-electron chi connectivity index (χ3n) is 5.27. The first-order valence-electron chi connectivity index (χ1n) is 9.97. The first-order chi connectivity index (χ1) is 15.8. The number of hydrogen-bond donors (Lipinski definition) is 1. The highest BCUT2D eigenvalue weighted by atomic mass is 32.2. The number of fused-ring (bicyclic) bond motifs is 2. The highest BCUT2D eigenvalue weighted by Crippen LogP contribution is 2.34. The molecular formula is C22H16F3N5O2S. The quantitative estimate of drug-likeness (QED) is 0.450. The van der Waals surface area contributed by atoms with E-state index in [0.717, 1.165) is 17.8 Å². The Morgan fingerprint density at radius 2 is 1.94 bits per heavy atom. The topological polar surface area (TPSA) is 81.8 Å². The van der Waals surface area contributed by atoms with Crippen LogP contribution in [0.1, 0.15) is 18.0 Å². The van der Waals surface area contributed by atoms with Gasteiger partial charge in [-0.05, 0) is 30.3 Å². The van der Waals surface area contributed by atoms with Crippen molar-refractivity contribution in [3.05, 3.63) is 76.7 Å². The van der Waals surface area contributed by atoms with Crippen LogP contribution < -0.4 is 10.9 Å². The summed E-state index contributed by atoms with van der Waals surface area (Å²) < 4.78 is 41.8. The molecule has 0 aliphatic carbocycles. The largest absolute Gasteiger partial charge is 0.416 e. The van der Waals surface area contributed by atoms with Crippen LogP contribution in [0.15, 0.2) is 70.7 Å². The monoisotopic (exact) mass is 471 g/mol. The third kappa shape index (κ3) is 3.99. The number of amides is 1. The maximum Gasteiger partial charge on any atom is 0.416 e. The number of halogens is 3. The molecule has 168 valence electrons. The lowest BCUT2D eigenvalue weighted by atomic mass is 10.1. The number of carbonyl (C=O) groups is 1. The Balaban J connectivity index is 1.40.